The molecule has 146 valence electrons. The van der Waals surface area contributed by atoms with Crippen LogP contribution in [0.25, 0.3) is 0 Å². The summed E-state index contributed by atoms with van der Waals surface area (Å²) in [7, 11) is 0. The van der Waals surface area contributed by atoms with Gasteiger partial charge in [0, 0.05) is 44.1 Å². The van der Waals surface area contributed by atoms with Crippen molar-refractivity contribution in [2.75, 3.05) is 50.7 Å². The van der Waals surface area contributed by atoms with Crippen LogP contribution in [-0.4, -0.2) is 55.6 Å². The lowest BCUT2D eigenvalue weighted by Gasteiger charge is -2.36. The maximum atomic E-state index is 6.37. The van der Waals surface area contributed by atoms with Gasteiger partial charge < -0.3 is 4.90 Å². The molecule has 0 unspecified atom stereocenters. The second kappa shape index (κ2) is 9.15. The van der Waals surface area contributed by atoms with Crippen molar-refractivity contribution >= 4 is 40.2 Å². The zero-order chi connectivity index (χ0) is 18.6. The zero-order valence-corrected chi connectivity index (χ0v) is 18.0. The molecule has 6 heteroatoms. The Morgan fingerprint density at radius 3 is 2.48 bits per heavy atom. The van der Waals surface area contributed by atoms with E-state index in [-0.39, 0.29) is 0 Å². The fourth-order valence-corrected chi connectivity index (χ4v) is 5.42. The minimum atomic E-state index is 0.642. The van der Waals surface area contributed by atoms with Crippen molar-refractivity contribution in [3.05, 3.63) is 50.1 Å². The molecule has 0 N–H and O–H groups in total. The van der Waals surface area contributed by atoms with Gasteiger partial charge in [0.1, 0.15) is 0 Å². The summed E-state index contributed by atoms with van der Waals surface area (Å²) in [4.78, 5) is 9.16. The van der Waals surface area contributed by atoms with Gasteiger partial charge in [-0.2, -0.15) is 0 Å². The first-order valence-electron chi connectivity index (χ1n) is 9.89. The second-order valence-electron chi connectivity index (χ2n) is 7.50. The van der Waals surface area contributed by atoms with E-state index in [2.05, 4.69) is 32.2 Å². The molecular formula is C21H27Cl2N3S. The summed E-state index contributed by atoms with van der Waals surface area (Å²) in [5, 5.41) is 3.57. The number of rotatable bonds is 6. The first-order chi connectivity index (χ1) is 13.2. The third-order valence-electron chi connectivity index (χ3n) is 5.73. The fraction of sp³-hybridized carbons (Fsp3) is 0.524. The lowest BCUT2D eigenvalue weighted by molar-refractivity contribution is 0.225. The van der Waals surface area contributed by atoms with Crippen LogP contribution >= 0.6 is 34.5 Å². The van der Waals surface area contributed by atoms with E-state index in [9.17, 15) is 0 Å². The molecular weight excluding hydrogens is 397 g/mol. The van der Waals surface area contributed by atoms with Crippen LogP contribution in [0.4, 0.5) is 5.69 Å². The Bertz CT molecular complexity index is 756. The summed E-state index contributed by atoms with van der Waals surface area (Å²) in [6.07, 6.45) is 3.81. The fourth-order valence-electron chi connectivity index (χ4n) is 4.12. The summed E-state index contributed by atoms with van der Waals surface area (Å²) >= 11 is 14.5. The SMILES string of the molecule is Clc1cccc(N2CCN(CCCCN3CCc4sccc4C3)CC2)c1Cl. The van der Waals surface area contributed by atoms with Crippen molar-refractivity contribution in [2.24, 2.45) is 0 Å². The van der Waals surface area contributed by atoms with Gasteiger partial charge in [-0.25, -0.2) is 0 Å². The van der Waals surface area contributed by atoms with Crippen molar-refractivity contribution in [3.63, 3.8) is 0 Å². The number of halogens is 2. The van der Waals surface area contributed by atoms with Crippen LogP contribution in [0.15, 0.2) is 29.6 Å². The summed E-state index contributed by atoms with van der Waals surface area (Å²) in [5.41, 5.74) is 2.63. The van der Waals surface area contributed by atoms with Crippen LogP contribution in [-0.2, 0) is 13.0 Å². The molecule has 0 spiro atoms. The van der Waals surface area contributed by atoms with Crippen LogP contribution in [0, 0.1) is 0 Å². The average molecular weight is 424 g/mol. The first kappa shape index (κ1) is 19.5. The average Bonchev–Trinajstić information content (AvgIpc) is 3.16. The number of hydrogen-bond acceptors (Lipinski definition) is 4. The van der Waals surface area contributed by atoms with Gasteiger partial charge >= 0.3 is 0 Å². The molecule has 3 nitrogen and oxygen atoms in total. The number of thiophene rings is 1. The monoisotopic (exact) mass is 423 g/mol. The Hall–Kier alpha value is -0.780. The lowest BCUT2D eigenvalue weighted by atomic mass is 10.1. The second-order valence-corrected chi connectivity index (χ2v) is 9.29. The van der Waals surface area contributed by atoms with Gasteiger partial charge in [-0.15, -0.1) is 11.3 Å². The Kier molecular flexibility index (Phi) is 6.62. The highest BCUT2D eigenvalue weighted by Crippen LogP contribution is 2.32. The van der Waals surface area contributed by atoms with Gasteiger partial charge in [0.2, 0.25) is 0 Å². The molecule has 0 atom stereocenters. The largest absolute Gasteiger partial charge is 0.368 e. The Morgan fingerprint density at radius 2 is 1.67 bits per heavy atom. The highest BCUT2D eigenvalue weighted by atomic mass is 35.5. The quantitative estimate of drug-likeness (QED) is 0.604. The maximum absolute atomic E-state index is 6.37. The van der Waals surface area contributed by atoms with E-state index in [1.165, 1.54) is 38.9 Å². The van der Waals surface area contributed by atoms with Crippen LogP contribution in [0.2, 0.25) is 10.0 Å². The number of hydrogen-bond donors (Lipinski definition) is 0. The summed E-state index contributed by atoms with van der Waals surface area (Å²) in [6.45, 7) is 9.06. The van der Waals surface area contributed by atoms with Gasteiger partial charge in [0.05, 0.1) is 15.7 Å². The van der Waals surface area contributed by atoms with Crippen molar-refractivity contribution in [2.45, 2.75) is 25.8 Å². The summed E-state index contributed by atoms with van der Waals surface area (Å²) in [6, 6.07) is 8.21. The number of piperazine rings is 1. The third-order valence-corrected chi connectivity index (χ3v) is 7.56. The minimum Gasteiger partial charge on any atom is -0.368 e. The standard InChI is InChI=1S/C21H27Cl2N3S/c22-18-4-3-5-19(21(18)23)26-13-11-24(12-14-26)8-1-2-9-25-10-6-20-17(16-25)7-15-27-20/h3-5,7,15H,1-2,6,8-14,16H2. The van der Waals surface area contributed by atoms with Crippen LogP contribution in [0.5, 0.6) is 0 Å². The molecule has 3 heterocycles. The number of benzene rings is 1. The Balaban J connectivity index is 1.16. The number of anilines is 1. The van der Waals surface area contributed by atoms with E-state index in [4.69, 9.17) is 23.2 Å². The van der Waals surface area contributed by atoms with Gasteiger partial charge in [0.25, 0.3) is 0 Å². The molecule has 0 bridgehead atoms. The lowest BCUT2D eigenvalue weighted by Crippen LogP contribution is -2.46. The topological polar surface area (TPSA) is 9.72 Å². The highest BCUT2D eigenvalue weighted by molar-refractivity contribution is 7.10. The van der Waals surface area contributed by atoms with E-state index in [1.807, 2.05) is 23.5 Å². The molecule has 1 aromatic heterocycles. The van der Waals surface area contributed by atoms with E-state index in [1.54, 1.807) is 10.4 Å². The summed E-state index contributed by atoms with van der Waals surface area (Å²) in [5.74, 6) is 0. The van der Waals surface area contributed by atoms with Crippen molar-refractivity contribution in [1.29, 1.82) is 0 Å². The molecule has 1 saturated heterocycles. The molecule has 4 rings (SSSR count). The zero-order valence-electron chi connectivity index (χ0n) is 15.7. The smallest absolute Gasteiger partial charge is 0.0825 e. The molecule has 2 aromatic rings. The molecule has 2 aliphatic rings. The van der Waals surface area contributed by atoms with Gasteiger partial charge in [0.15, 0.2) is 0 Å². The van der Waals surface area contributed by atoms with Crippen molar-refractivity contribution < 1.29 is 0 Å². The minimum absolute atomic E-state index is 0.642. The van der Waals surface area contributed by atoms with E-state index >= 15 is 0 Å². The van der Waals surface area contributed by atoms with Gasteiger partial charge in [-0.3, -0.25) is 9.80 Å². The number of unbranched alkanes of at least 4 members (excludes halogenated alkanes) is 1. The van der Waals surface area contributed by atoms with Crippen LogP contribution < -0.4 is 4.90 Å². The van der Waals surface area contributed by atoms with Gasteiger partial charge in [-0.1, -0.05) is 29.3 Å². The third kappa shape index (κ3) is 4.80. The Morgan fingerprint density at radius 1 is 0.889 bits per heavy atom. The molecule has 27 heavy (non-hydrogen) atoms. The van der Waals surface area contributed by atoms with Crippen LogP contribution in [0.1, 0.15) is 23.3 Å². The predicted molar refractivity (Wildman–Crippen MR) is 118 cm³/mol. The van der Waals surface area contributed by atoms with Gasteiger partial charge in [-0.05, 0) is 61.5 Å². The first-order valence-corrected chi connectivity index (χ1v) is 11.5. The molecule has 0 amide bonds. The predicted octanol–water partition coefficient (Wildman–Crippen LogP) is 5.02. The highest BCUT2D eigenvalue weighted by Gasteiger charge is 2.20. The molecule has 0 radical (unpaired) electrons. The Labute approximate surface area is 176 Å². The molecule has 0 saturated carbocycles. The molecule has 2 aliphatic heterocycles. The van der Waals surface area contributed by atoms with Crippen molar-refractivity contribution in [3.8, 4) is 0 Å². The molecule has 1 aromatic carbocycles. The summed E-state index contributed by atoms with van der Waals surface area (Å²) < 4.78 is 0. The van der Waals surface area contributed by atoms with E-state index in [0.29, 0.717) is 10.0 Å². The van der Waals surface area contributed by atoms with E-state index in [0.717, 1.165) is 38.4 Å². The molecule has 0 aliphatic carbocycles. The van der Waals surface area contributed by atoms with Crippen molar-refractivity contribution in [1.82, 2.24) is 9.80 Å². The maximum Gasteiger partial charge on any atom is 0.0825 e. The number of nitrogens with zero attached hydrogens (tertiary/aromatic N) is 3. The van der Waals surface area contributed by atoms with Crippen LogP contribution in [0.3, 0.4) is 0 Å². The molecule has 1 fully saturated rings. The number of fused-ring (bicyclic) bond motifs is 1. The normalized spacial score (nSPS) is 18.7. The van der Waals surface area contributed by atoms with E-state index < -0.39 is 0 Å².